The lowest BCUT2D eigenvalue weighted by atomic mass is 9.93. The van der Waals surface area contributed by atoms with E-state index in [0.29, 0.717) is 5.02 Å². The first-order valence-electron chi connectivity index (χ1n) is 7.88. The summed E-state index contributed by atoms with van der Waals surface area (Å²) in [6, 6.07) is 11.2. The standard InChI is InChI=1S/C20H19ClN2O/c1-20(2)12-17(19(24)23(20)3)18-10-9-15(13-22-18)8-7-14-5-4-6-16(21)11-14/h4-6,9-11,13,17H,12H2,1-3H3. The Bertz CT molecular complexity index is 831. The van der Waals surface area contributed by atoms with Gasteiger partial charge >= 0.3 is 0 Å². The Morgan fingerprint density at radius 2 is 1.96 bits per heavy atom. The third kappa shape index (κ3) is 3.29. The maximum absolute atomic E-state index is 12.4. The van der Waals surface area contributed by atoms with E-state index in [4.69, 9.17) is 11.6 Å². The summed E-state index contributed by atoms with van der Waals surface area (Å²) >= 11 is 5.95. The summed E-state index contributed by atoms with van der Waals surface area (Å²) in [5, 5.41) is 0.668. The molecule has 1 aromatic heterocycles. The van der Waals surface area contributed by atoms with Crippen LogP contribution in [0, 0.1) is 11.8 Å². The molecule has 122 valence electrons. The van der Waals surface area contributed by atoms with Crippen LogP contribution in [-0.2, 0) is 4.79 Å². The molecule has 24 heavy (non-hydrogen) atoms. The Morgan fingerprint density at radius 1 is 1.21 bits per heavy atom. The first-order chi connectivity index (χ1) is 11.4. The molecule has 0 saturated carbocycles. The predicted molar refractivity (Wildman–Crippen MR) is 95.9 cm³/mol. The lowest BCUT2D eigenvalue weighted by Gasteiger charge is -2.26. The van der Waals surface area contributed by atoms with Crippen LogP contribution in [0.25, 0.3) is 0 Å². The smallest absolute Gasteiger partial charge is 0.231 e. The Balaban J connectivity index is 1.79. The highest BCUT2D eigenvalue weighted by Crippen LogP contribution is 2.37. The van der Waals surface area contributed by atoms with Gasteiger partial charge in [-0.2, -0.15) is 0 Å². The molecule has 1 amide bonds. The summed E-state index contributed by atoms with van der Waals surface area (Å²) in [6.45, 7) is 4.16. The van der Waals surface area contributed by atoms with Gasteiger partial charge in [0.25, 0.3) is 0 Å². The number of halogens is 1. The van der Waals surface area contributed by atoms with Gasteiger partial charge in [0.05, 0.1) is 11.6 Å². The molecule has 1 fully saturated rings. The fourth-order valence-corrected chi connectivity index (χ4v) is 3.07. The average molecular weight is 339 g/mol. The summed E-state index contributed by atoms with van der Waals surface area (Å²) in [5.41, 5.74) is 2.36. The van der Waals surface area contributed by atoms with Crippen LogP contribution in [-0.4, -0.2) is 28.4 Å². The molecule has 0 spiro atoms. The summed E-state index contributed by atoms with van der Waals surface area (Å²) in [7, 11) is 1.85. The zero-order chi connectivity index (χ0) is 17.3. The summed E-state index contributed by atoms with van der Waals surface area (Å²) in [4.78, 5) is 18.7. The monoisotopic (exact) mass is 338 g/mol. The number of aromatic nitrogens is 1. The molecule has 0 N–H and O–H groups in total. The fourth-order valence-electron chi connectivity index (χ4n) is 2.88. The molecule has 2 heterocycles. The van der Waals surface area contributed by atoms with E-state index in [1.807, 2.05) is 48.3 Å². The highest BCUT2D eigenvalue weighted by molar-refractivity contribution is 6.30. The lowest BCUT2D eigenvalue weighted by Crippen LogP contribution is -2.37. The van der Waals surface area contributed by atoms with E-state index < -0.39 is 0 Å². The van der Waals surface area contributed by atoms with Gasteiger partial charge in [-0.1, -0.05) is 29.5 Å². The molecule has 0 aliphatic carbocycles. The summed E-state index contributed by atoms with van der Waals surface area (Å²) in [6.07, 6.45) is 2.51. The van der Waals surface area contributed by atoms with Gasteiger partial charge in [0.15, 0.2) is 0 Å². The topological polar surface area (TPSA) is 33.2 Å². The van der Waals surface area contributed by atoms with Gasteiger partial charge in [-0.15, -0.1) is 0 Å². The van der Waals surface area contributed by atoms with E-state index in [0.717, 1.165) is 23.2 Å². The van der Waals surface area contributed by atoms with Crippen molar-refractivity contribution < 1.29 is 4.79 Å². The highest BCUT2D eigenvalue weighted by atomic mass is 35.5. The average Bonchev–Trinajstić information content (AvgIpc) is 2.77. The predicted octanol–water partition coefficient (Wildman–Crippen LogP) is 3.86. The van der Waals surface area contributed by atoms with Gasteiger partial charge in [-0.05, 0) is 50.6 Å². The third-order valence-electron chi connectivity index (χ3n) is 4.56. The minimum atomic E-state index is -0.167. The van der Waals surface area contributed by atoms with Gasteiger partial charge in [0, 0.05) is 34.9 Å². The maximum atomic E-state index is 12.4. The Labute approximate surface area is 147 Å². The zero-order valence-corrected chi connectivity index (χ0v) is 14.8. The number of hydrogen-bond donors (Lipinski definition) is 0. The Kier molecular flexibility index (Phi) is 4.34. The molecule has 1 aliphatic rings. The number of nitrogens with zero attached hydrogens (tertiary/aromatic N) is 2. The molecule has 1 unspecified atom stereocenters. The Hall–Kier alpha value is -2.31. The second kappa shape index (κ2) is 6.30. The van der Waals surface area contributed by atoms with Crippen LogP contribution in [0.1, 0.15) is 43.0 Å². The van der Waals surface area contributed by atoms with Crippen molar-refractivity contribution in [1.82, 2.24) is 9.88 Å². The van der Waals surface area contributed by atoms with E-state index in [-0.39, 0.29) is 17.4 Å². The molecule has 4 heteroatoms. The first kappa shape index (κ1) is 16.5. The molecular weight excluding hydrogens is 320 g/mol. The third-order valence-corrected chi connectivity index (χ3v) is 4.79. The van der Waals surface area contributed by atoms with Crippen molar-refractivity contribution >= 4 is 17.5 Å². The molecule has 0 radical (unpaired) electrons. The minimum Gasteiger partial charge on any atom is -0.340 e. The van der Waals surface area contributed by atoms with E-state index in [2.05, 4.69) is 30.7 Å². The normalized spacial score (nSPS) is 19.1. The van der Waals surface area contributed by atoms with Crippen LogP contribution < -0.4 is 0 Å². The number of carbonyl (C=O) groups excluding carboxylic acids is 1. The number of benzene rings is 1. The van der Waals surface area contributed by atoms with Crippen LogP contribution in [0.5, 0.6) is 0 Å². The highest BCUT2D eigenvalue weighted by Gasteiger charge is 2.43. The number of likely N-dealkylation sites (tertiary alicyclic amines) is 1. The number of carbonyl (C=O) groups is 1. The number of amides is 1. The van der Waals surface area contributed by atoms with Crippen molar-refractivity contribution in [3.05, 3.63) is 64.4 Å². The van der Waals surface area contributed by atoms with Crippen LogP contribution in [0.3, 0.4) is 0 Å². The quantitative estimate of drug-likeness (QED) is 0.740. The van der Waals surface area contributed by atoms with Crippen molar-refractivity contribution in [3.63, 3.8) is 0 Å². The van der Waals surface area contributed by atoms with Crippen LogP contribution in [0.4, 0.5) is 0 Å². The van der Waals surface area contributed by atoms with Gasteiger partial charge < -0.3 is 4.90 Å². The van der Waals surface area contributed by atoms with Crippen LogP contribution in [0.15, 0.2) is 42.6 Å². The first-order valence-corrected chi connectivity index (χ1v) is 8.26. The van der Waals surface area contributed by atoms with E-state index in [1.54, 1.807) is 6.20 Å². The lowest BCUT2D eigenvalue weighted by molar-refractivity contribution is -0.130. The molecular formula is C20H19ClN2O. The van der Waals surface area contributed by atoms with Gasteiger partial charge in [0.2, 0.25) is 5.91 Å². The van der Waals surface area contributed by atoms with Crippen molar-refractivity contribution in [2.45, 2.75) is 31.7 Å². The van der Waals surface area contributed by atoms with Crippen molar-refractivity contribution in [1.29, 1.82) is 0 Å². The van der Waals surface area contributed by atoms with E-state index in [1.165, 1.54) is 0 Å². The second-order valence-corrected chi connectivity index (χ2v) is 7.13. The van der Waals surface area contributed by atoms with Crippen LogP contribution >= 0.6 is 11.6 Å². The number of pyridine rings is 1. The van der Waals surface area contributed by atoms with Crippen molar-refractivity contribution in [2.75, 3.05) is 7.05 Å². The van der Waals surface area contributed by atoms with Gasteiger partial charge in [0.1, 0.15) is 0 Å². The summed E-state index contributed by atoms with van der Waals surface area (Å²) < 4.78 is 0. The zero-order valence-electron chi connectivity index (χ0n) is 14.0. The second-order valence-electron chi connectivity index (χ2n) is 6.70. The maximum Gasteiger partial charge on any atom is 0.231 e. The van der Waals surface area contributed by atoms with Gasteiger partial charge in [-0.3, -0.25) is 9.78 Å². The number of rotatable bonds is 1. The minimum absolute atomic E-state index is 0.130. The molecule has 2 aromatic rings. The molecule has 1 saturated heterocycles. The molecule has 3 rings (SSSR count). The molecule has 3 nitrogen and oxygen atoms in total. The fraction of sp³-hybridized carbons (Fsp3) is 0.300. The molecule has 1 aromatic carbocycles. The molecule has 0 bridgehead atoms. The van der Waals surface area contributed by atoms with Crippen molar-refractivity contribution in [3.8, 4) is 11.8 Å². The molecule has 1 aliphatic heterocycles. The summed E-state index contributed by atoms with van der Waals surface area (Å²) in [5.74, 6) is 6.11. The van der Waals surface area contributed by atoms with Gasteiger partial charge in [-0.25, -0.2) is 0 Å². The largest absolute Gasteiger partial charge is 0.340 e. The van der Waals surface area contributed by atoms with Crippen molar-refractivity contribution in [2.24, 2.45) is 0 Å². The SMILES string of the molecule is CN1C(=O)C(c2ccc(C#Cc3cccc(Cl)c3)cn2)CC1(C)C. The molecule has 1 atom stereocenters. The Morgan fingerprint density at radius 3 is 2.54 bits per heavy atom. The van der Waals surface area contributed by atoms with Crippen LogP contribution in [0.2, 0.25) is 5.02 Å². The number of likely N-dealkylation sites (N-methyl/N-ethyl adjacent to an activating group) is 1. The van der Waals surface area contributed by atoms with E-state index >= 15 is 0 Å². The van der Waals surface area contributed by atoms with E-state index in [9.17, 15) is 4.79 Å². The number of hydrogen-bond acceptors (Lipinski definition) is 2.